The normalized spacial score (nSPS) is 10.0. The molecule has 1 heterocycles. The van der Waals surface area contributed by atoms with Crippen molar-refractivity contribution in [1.29, 1.82) is 0 Å². The summed E-state index contributed by atoms with van der Waals surface area (Å²) in [7, 11) is 1.65. The van der Waals surface area contributed by atoms with Crippen molar-refractivity contribution in [2.75, 3.05) is 12.4 Å². The zero-order valence-electron chi connectivity index (χ0n) is 10.1. The summed E-state index contributed by atoms with van der Waals surface area (Å²) in [6.07, 6.45) is 1.75. The molecule has 0 saturated heterocycles. The smallest absolute Gasteiger partial charge is 0.168 e. The van der Waals surface area contributed by atoms with E-state index in [1.165, 1.54) is 11.1 Å². The number of pyridine rings is 1. The Balaban J connectivity index is 2.04. The molecule has 0 fully saturated rings. The van der Waals surface area contributed by atoms with Crippen molar-refractivity contribution >= 4 is 5.82 Å². The molecular weight excluding hydrogens is 212 g/mol. The summed E-state index contributed by atoms with van der Waals surface area (Å²) < 4.78 is 5.23. The highest BCUT2D eigenvalue weighted by molar-refractivity contribution is 5.49. The SMILES string of the molecule is COc1cccnc1NCc1ccc(C)cc1. The largest absolute Gasteiger partial charge is 0.493 e. The van der Waals surface area contributed by atoms with Gasteiger partial charge in [-0.25, -0.2) is 4.98 Å². The molecule has 2 aromatic rings. The number of ether oxygens (including phenoxy) is 1. The number of hydrogen-bond acceptors (Lipinski definition) is 3. The summed E-state index contributed by atoms with van der Waals surface area (Å²) in [4.78, 5) is 4.25. The van der Waals surface area contributed by atoms with Crippen LogP contribution in [0.2, 0.25) is 0 Å². The summed E-state index contributed by atoms with van der Waals surface area (Å²) in [6, 6.07) is 12.2. The van der Waals surface area contributed by atoms with E-state index in [0.29, 0.717) is 0 Å². The van der Waals surface area contributed by atoms with Crippen LogP contribution in [0.1, 0.15) is 11.1 Å². The minimum Gasteiger partial charge on any atom is -0.493 e. The molecule has 88 valence electrons. The Morgan fingerprint density at radius 2 is 1.94 bits per heavy atom. The molecule has 0 saturated carbocycles. The lowest BCUT2D eigenvalue weighted by molar-refractivity contribution is 0.415. The van der Waals surface area contributed by atoms with Gasteiger partial charge in [-0.15, -0.1) is 0 Å². The summed E-state index contributed by atoms with van der Waals surface area (Å²) >= 11 is 0. The molecule has 0 unspecified atom stereocenters. The van der Waals surface area contributed by atoms with Crippen molar-refractivity contribution in [3.63, 3.8) is 0 Å². The van der Waals surface area contributed by atoms with Crippen molar-refractivity contribution in [1.82, 2.24) is 4.98 Å². The first-order valence-electron chi connectivity index (χ1n) is 5.58. The first-order chi connectivity index (χ1) is 8.29. The molecule has 0 aliphatic carbocycles. The molecule has 0 spiro atoms. The minimum absolute atomic E-state index is 0.744. The molecule has 1 aromatic heterocycles. The standard InChI is InChI=1S/C14H16N2O/c1-11-5-7-12(8-6-11)10-16-14-13(17-2)4-3-9-15-14/h3-9H,10H2,1-2H3,(H,15,16). The number of aryl methyl sites for hydroxylation is 1. The van der Waals surface area contributed by atoms with Crippen LogP contribution >= 0.6 is 0 Å². The Morgan fingerprint density at radius 1 is 1.18 bits per heavy atom. The quantitative estimate of drug-likeness (QED) is 0.873. The van der Waals surface area contributed by atoms with Crippen molar-refractivity contribution in [3.05, 3.63) is 53.7 Å². The van der Waals surface area contributed by atoms with Crippen LogP contribution in [0.5, 0.6) is 5.75 Å². The molecule has 2 rings (SSSR count). The summed E-state index contributed by atoms with van der Waals surface area (Å²) in [6.45, 7) is 2.83. The first kappa shape index (κ1) is 11.5. The predicted octanol–water partition coefficient (Wildman–Crippen LogP) is 3.01. The van der Waals surface area contributed by atoms with Gasteiger partial charge in [-0.05, 0) is 24.6 Å². The van der Waals surface area contributed by atoms with E-state index >= 15 is 0 Å². The fourth-order valence-corrected chi connectivity index (χ4v) is 1.58. The lowest BCUT2D eigenvalue weighted by Crippen LogP contribution is -2.03. The number of aromatic nitrogens is 1. The second-order valence-corrected chi connectivity index (χ2v) is 3.89. The zero-order chi connectivity index (χ0) is 12.1. The van der Waals surface area contributed by atoms with Gasteiger partial charge < -0.3 is 10.1 Å². The summed E-state index contributed by atoms with van der Waals surface area (Å²) in [5.41, 5.74) is 2.49. The van der Waals surface area contributed by atoms with E-state index in [1.54, 1.807) is 13.3 Å². The maximum absolute atomic E-state index is 5.23. The van der Waals surface area contributed by atoms with Gasteiger partial charge in [-0.1, -0.05) is 29.8 Å². The molecule has 17 heavy (non-hydrogen) atoms. The van der Waals surface area contributed by atoms with Crippen LogP contribution in [0.25, 0.3) is 0 Å². The number of methoxy groups -OCH3 is 1. The van der Waals surface area contributed by atoms with Gasteiger partial charge in [0.15, 0.2) is 11.6 Å². The van der Waals surface area contributed by atoms with Crippen molar-refractivity contribution in [2.45, 2.75) is 13.5 Å². The lowest BCUT2D eigenvalue weighted by Gasteiger charge is -2.09. The highest BCUT2D eigenvalue weighted by atomic mass is 16.5. The van der Waals surface area contributed by atoms with E-state index in [9.17, 15) is 0 Å². The Bertz CT molecular complexity index is 480. The highest BCUT2D eigenvalue weighted by Gasteiger charge is 2.02. The summed E-state index contributed by atoms with van der Waals surface area (Å²) in [5.74, 6) is 1.54. The third-order valence-electron chi connectivity index (χ3n) is 2.57. The fraction of sp³-hybridized carbons (Fsp3) is 0.214. The Morgan fingerprint density at radius 3 is 2.65 bits per heavy atom. The van der Waals surface area contributed by atoms with Gasteiger partial charge in [0.2, 0.25) is 0 Å². The number of rotatable bonds is 4. The van der Waals surface area contributed by atoms with Crippen LogP contribution in [0.4, 0.5) is 5.82 Å². The van der Waals surface area contributed by atoms with Gasteiger partial charge in [0.25, 0.3) is 0 Å². The molecule has 0 atom stereocenters. The molecule has 0 aliphatic rings. The van der Waals surface area contributed by atoms with E-state index in [0.717, 1.165) is 18.1 Å². The lowest BCUT2D eigenvalue weighted by atomic mass is 10.1. The van der Waals surface area contributed by atoms with E-state index in [-0.39, 0.29) is 0 Å². The molecular formula is C14H16N2O. The molecule has 1 N–H and O–H groups in total. The zero-order valence-corrected chi connectivity index (χ0v) is 10.1. The average Bonchev–Trinajstić information content (AvgIpc) is 2.38. The number of benzene rings is 1. The van der Waals surface area contributed by atoms with Gasteiger partial charge in [0.05, 0.1) is 7.11 Å². The second kappa shape index (κ2) is 5.34. The molecule has 3 heteroatoms. The molecule has 0 radical (unpaired) electrons. The molecule has 0 bridgehead atoms. The topological polar surface area (TPSA) is 34.1 Å². The van der Waals surface area contributed by atoms with E-state index in [2.05, 4.69) is 41.5 Å². The van der Waals surface area contributed by atoms with Crippen LogP contribution in [0.3, 0.4) is 0 Å². The molecule has 0 amide bonds. The number of anilines is 1. The van der Waals surface area contributed by atoms with Crippen LogP contribution in [-0.4, -0.2) is 12.1 Å². The minimum atomic E-state index is 0.744. The third-order valence-corrected chi connectivity index (χ3v) is 2.57. The van der Waals surface area contributed by atoms with Crippen LogP contribution in [-0.2, 0) is 6.54 Å². The highest BCUT2D eigenvalue weighted by Crippen LogP contribution is 2.20. The van der Waals surface area contributed by atoms with Gasteiger partial charge in [-0.2, -0.15) is 0 Å². The van der Waals surface area contributed by atoms with Crippen LogP contribution < -0.4 is 10.1 Å². The molecule has 0 aliphatic heterocycles. The van der Waals surface area contributed by atoms with E-state index < -0.39 is 0 Å². The van der Waals surface area contributed by atoms with Crippen LogP contribution in [0, 0.1) is 6.92 Å². The monoisotopic (exact) mass is 228 g/mol. The number of nitrogens with zero attached hydrogens (tertiary/aromatic N) is 1. The van der Waals surface area contributed by atoms with Crippen LogP contribution in [0.15, 0.2) is 42.6 Å². The Kier molecular flexibility index (Phi) is 3.60. The van der Waals surface area contributed by atoms with E-state index in [4.69, 9.17) is 4.74 Å². The van der Waals surface area contributed by atoms with Crippen molar-refractivity contribution < 1.29 is 4.74 Å². The molecule has 1 aromatic carbocycles. The summed E-state index contributed by atoms with van der Waals surface area (Å²) in [5, 5.41) is 3.26. The maximum Gasteiger partial charge on any atom is 0.168 e. The van der Waals surface area contributed by atoms with Gasteiger partial charge in [0, 0.05) is 12.7 Å². The third kappa shape index (κ3) is 2.97. The fourth-order valence-electron chi connectivity index (χ4n) is 1.58. The van der Waals surface area contributed by atoms with Crippen molar-refractivity contribution in [2.24, 2.45) is 0 Å². The average molecular weight is 228 g/mol. The number of nitrogens with one attached hydrogen (secondary N) is 1. The predicted molar refractivity (Wildman–Crippen MR) is 69.3 cm³/mol. The van der Waals surface area contributed by atoms with Gasteiger partial charge in [0.1, 0.15) is 0 Å². The number of hydrogen-bond donors (Lipinski definition) is 1. The van der Waals surface area contributed by atoms with Crippen molar-refractivity contribution in [3.8, 4) is 5.75 Å². The van der Waals surface area contributed by atoms with Gasteiger partial charge >= 0.3 is 0 Å². The van der Waals surface area contributed by atoms with E-state index in [1.807, 2.05) is 12.1 Å². The Hall–Kier alpha value is -2.03. The second-order valence-electron chi connectivity index (χ2n) is 3.89. The first-order valence-corrected chi connectivity index (χ1v) is 5.58. The Labute approximate surface area is 101 Å². The van der Waals surface area contributed by atoms with Gasteiger partial charge in [-0.3, -0.25) is 0 Å². The maximum atomic E-state index is 5.23. The molecule has 3 nitrogen and oxygen atoms in total.